The summed E-state index contributed by atoms with van der Waals surface area (Å²) < 4.78 is 0. The third-order valence-electron chi connectivity index (χ3n) is 3.20. The second-order valence-electron chi connectivity index (χ2n) is 5.14. The van der Waals surface area contributed by atoms with Crippen molar-refractivity contribution < 1.29 is 4.79 Å². The van der Waals surface area contributed by atoms with Crippen LogP contribution in [0.2, 0.25) is 0 Å². The summed E-state index contributed by atoms with van der Waals surface area (Å²) in [5, 5.41) is 0. The highest BCUT2D eigenvalue weighted by Gasteiger charge is 2.35. The fourth-order valence-electron chi connectivity index (χ4n) is 1.71. The number of nitrogens with zero attached hydrogens (tertiary/aromatic N) is 1. The molecule has 0 aliphatic rings. The van der Waals surface area contributed by atoms with Crippen molar-refractivity contribution in [3.63, 3.8) is 0 Å². The zero-order chi connectivity index (χ0) is 14.5. The van der Waals surface area contributed by atoms with E-state index in [1.165, 1.54) is 0 Å². The van der Waals surface area contributed by atoms with Crippen molar-refractivity contribution in [2.45, 2.75) is 33.6 Å². The van der Waals surface area contributed by atoms with Gasteiger partial charge in [-0.3, -0.25) is 4.79 Å². The normalized spacial score (nSPS) is 11.1. The summed E-state index contributed by atoms with van der Waals surface area (Å²) in [4.78, 5) is 14.7. The molecule has 0 aromatic heterocycles. The van der Waals surface area contributed by atoms with Crippen molar-refractivity contribution in [2.24, 2.45) is 11.1 Å². The van der Waals surface area contributed by atoms with Crippen LogP contribution in [-0.4, -0.2) is 17.4 Å². The number of benzene rings is 1. The first-order valence-corrected chi connectivity index (χ1v) is 6.99. The van der Waals surface area contributed by atoms with Crippen molar-refractivity contribution in [1.82, 2.24) is 0 Å². The SMILES string of the molecule is CCCCN(C(=O)C(C)(C)C(N)=S)c1ccccc1. The van der Waals surface area contributed by atoms with Crippen molar-refractivity contribution in [1.29, 1.82) is 0 Å². The maximum atomic E-state index is 12.7. The summed E-state index contributed by atoms with van der Waals surface area (Å²) in [5.41, 5.74) is 5.77. The highest BCUT2D eigenvalue weighted by atomic mass is 32.1. The number of anilines is 1. The Labute approximate surface area is 120 Å². The van der Waals surface area contributed by atoms with Crippen LogP contribution in [0.3, 0.4) is 0 Å². The summed E-state index contributed by atoms with van der Waals surface area (Å²) in [6, 6.07) is 9.65. The zero-order valence-electron chi connectivity index (χ0n) is 11.8. The molecule has 0 spiro atoms. The van der Waals surface area contributed by atoms with Crippen LogP contribution in [0.4, 0.5) is 5.69 Å². The fraction of sp³-hybridized carbons (Fsp3) is 0.467. The number of carbonyl (C=O) groups excluding carboxylic acids is 1. The van der Waals surface area contributed by atoms with Crippen molar-refractivity contribution in [3.05, 3.63) is 30.3 Å². The largest absolute Gasteiger partial charge is 0.392 e. The van der Waals surface area contributed by atoms with E-state index in [2.05, 4.69) is 6.92 Å². The summed E-state index contributed by atoms with van der Waals surface area (Å²) in [7, 11) is 0. The number of unbranched alkanes of at least 4 members (excludes halogenated alkanes) is 1. The summed E-state index contributed by atoms with van der Waals surface area (Å²) in [6.45, 7) is 6.34. The van der Waals surface area contributed by atoms with Gasteiger partial charge in [-0.1, -0.05) is 43.8 Å². The minimum Gasteiger partial charge on any atom is -0.392 e. The number of hydrogen-bond donors (Lipinski definition) is 1. The molecule has 0 aliphatic heterocycles. The topological polar surface area (TPSA) is 46.3 Å². The van der Waals surface area contributed by atoms with Gasteiger partial charge in [0, 0.05) is 12.2 Å². The minimum absolute atomic E-state index is 0.0420. The summed E-state index contributed by atoms with van der Waals surface area (Å²) in [6.07, 6.45) is 1.98. The van der Waals surface area contributed by atoms with Gasteiger partial charge in [-0.05, 0) is 32.4 Å². The molecule has 1 rings (SSSR count). The molecular weight excluding hydrogens is 256 g/mol. The molecule has 0 fully saturated rings. The second-order valence-corrected chi connectivity index (χ2v) is 5.57. The van der Waals surface area contributed by atoms with Crippen molar-refractivity contribution >= 4 is 28.8 Å². The Morgan fingerprint density at radius 1 is 1.32 bits per heavy atom. The smallest absolute Gasteiger partial charge is 0.239 e. The monoisotopic (exact) mass is 278 g/mol. The van der Waals surface area contributed by atoms with E-state index in [0.717, 1.165) is 18.5 Å². The van der Waals surface area contributed by atoms with Gasteiger partial charge in [-0.25, -0.2) is 0 Å². The van der Waals surface area contributed by atoms with E-state index in [4.69, 9.17) is 18.0 Å². The Morgan fingerprint density at radius 3 is 2.37 bits per heavy atom. The van der Waals surface area contributed by atoms with Gasteiger partial charge in [0.15, 0.2) is 0 Å². The second kappa shape index (κ2) is 6.66. The molecule has 1 amide bonds. The number of thiocarbonyl (C=S) groups is 1. The third-order valence-corrected chi connectivity index (χ3v) is 3.71. The lowest BCUT2D eigenvalue weighted by atomic mass is 9.91. The van der Waals surface area contributed by atoms with Crippen LogP contribution in [0, 0.1) is 5.41 Å². The highest BCUT2D eigenvalue weighted by molar-refractivity contribution is 7.80. The van der Waals surface area contributed by atoms with Crippen LogP contribution in [-0.2, 0) is 4.79 Å². The maximum Gasteiger partial charge on any atom is 0.239 e. The predicted octanol–water partition coefficient (Wildman–Crippen LogP) is 3.13. The molecule has 3 nitrogen and oxygen atoms in total. The number of nitrogens with two attached hydrogens (primary N) is 1. The lowest BCUT2D eigenvalue weighted by Gasteiger charge is -2.31. The number of hydrogen-bond acceptors (Lipinski definition) is 2. The quantitative estimate of drug-likeness (QED) is 0.813. The van der Waals surface area contributed by atoms with Crippen molar-refractivity contribution in [3.8, 4) is 0 Å². The molecule has 1 aromatic carbocycles. The molecule has 0 atom stereocenters. The first-order chi connectivity index (χ1) is 8.91. The van der Waals surface area contributed by atoms with E-state index >= 15 is 0 Å². The Bertz CT molecular complexity index is 443. The lowest BCUT2D eigenvalue weighted by molar-refractivity contribution is -0.123. The van der Waals surface area contributed by atoms with E-state index < -0.39 is 5.41 Å². The molecule has 0 aliphatic carbocycles. The van der Waals surface area contributed by atoms with Crippen LogP contribution >= 0.6 is 12.2 Å². The molecule has 19 heavy (non-hydrogen) atoms. The van der Waals surface area contributed by atoms with E-state index in [-0.39, 0.29) is 10.9 Å². The van der Waals surface area contributed by atoms with Gasteiger partial charge in [0.1, 0.15) is 0 Å². The molecule has 0 heterocycles. The average Bonchev–Trinajstić information content (AvgIpc) is 2.40. The molecule has 0 unspecified atom stereocenters. The number of amides is 1. The summed E-state index contributed by atoms with van der Waals surface area (Å²) >= 11 is 5.02. The molecule has 0 radical (unpaired) electrons. The van der Waals surface area contributed by atoms with Crippen LogP contribution in [0.25, 0.3) is 0 Å². The molecule has 0 bridgehead atoms. The fourth-order valence-corrected chi connectivity index (χ4v) is 1.80. The average molecular weight is 278 g/mol. The van der Waals surface area contributed by atoms with Crippen LogP contribution in [0.15, 0.2) is 30.3 Å². The van der Waals surface area contributed by atoms with E-state index in [1.54, 1.807) is 18.7 Å². The van der Waals surface area contributed by atoms with Crippen LogP contribution in [0.5, 0.6) is 0 Å². The Hall–Kier alpha value is -1.42. The minimum atomic E-state index is -0.821. The van der Waals surface area contributed by atoms with Gasteiger partial charge in [0.2, 0.25) is 5.91 Å². The highest BCUT2D eigenvalue weighted by Crippen LogP contribution is 2.24. The van der Waals surface area contributed by atoms with Gasteiger partial charge in [-0.2, -0.15) is 0 Å². The number of para-hydroxylation sites is 1. The molecule has 1 aromatic rings. The first-order valence-electron chi connectivity index (χ1n) is 6.58. The van der Waals surface area contributed by atoms with E-state index in [9.17, 15) is 4.79 Å². The number of rotatable bonds is 6. The standard InChI is InChI=1S/C15H22N2OS/c1-4-5-11-17(12-9-7-6-8-10-12)14(18)15(2,3)13(16)19/h6-10H,4-5,11H2,1-3H3,(H2,16,19). The Morgan fingerprint density at radius 2 is 1.89 bits per heavy atom. The maximum absolute atomic E-state index is 12.7. The molecular formula is C15H22N2OS. The first kappa shape index (κ1) is 15.6. The Balaban J connectivity index is 3.04. The van der Waals surface area contributed by atoms with Gasteiger partial charge in [0.05, 0.1) is 10.4 Å². The van der Waals surface area contributed by atoms with E-state index in [1.807, 2.05) is 30.3 Å². The molecule has 2 N–H and O–H groups in total. The number of carbonyl (C=O) groups is 1. The zero-order valence-corrected chi connectivity index (χ0v) is 12.7. The predicted molar refractivity (Wildman–Crippen MR) is 84.3 cm³/mol. The molecule has 0 saturated heterocycles. The van der Waals surface area contributed by atoms with Gasteiger partial charge in [0.25, 0.3) is 0 Å². The van der Waals surface area contributed by atoms with Crippen LogP contribution in [0.1, 0.15) is 33.6 Å². The lowest BCUT2D eigenvalue weighted by Crippen LogP contribution is -2.47. The third kappa shape index (κ3) is 3.77. The van der Waals surface area contributed by atoms with E-state index in [0.29, 0.717) is 6.54 Å². The Kier molecular flexibility index (Phi) is 5.48. The van der Waals surface area contributed by atoms with Gasteiger partial charge < -0.3 is 10.6 Å². The van der Waals surface area contributed by atoms with Crippen LogP contribution < -0.4 is 10.6 Å². The molecule has 104 valence electrons. The van der Waals surface area contributed by atoms with Crippen molar-refractivity contribution in [2.75, 3.05) is 11.4 Å². The summed E-state index contributed by atoms with van der Waals surface area (Å²) in [5.74, 6) is -0.0420. The van der Waals surface area contributed by atoms with Gasteiger partial charge in [-0.15, -0.1) is 0 Å². The molecule has 0 saturated carbocycles. The molecule has 4 heteroatoms. The van der Waals surface area contributed by atoms with Gasteiger partial charge >= 0.3 is 0 Å².